The van der Waals surface area contributed by atoms with Crippen molar-refractivity contribution in [1.29, 1.82) is 0 Å². The number of aromatic nitrogens is 1. The number of thiazole rings is 1. The van der Waals surface area contributed by atoms with E-state index < -0.39 is 0 Å². The van der Waals surface area contributed by atoms with Gasteiger partial charge in [0.05, 0.1) is 10.7 Å². The van der Waals surface area contributed by atoms with Crippen molar-refractivity contribution in [2.75, 3.05) is 0 Å². The Hall–Kier alpha value is -0.410. The molecule has 1 heterocycles. The van der Waals surface area contributed by atoms with Gasteiger partial charge in [0, 0.05) is 11.4 Å². The van der Waals surface area contributed by atoms with Gasteiger partial charge in [-0.1, -0.05) is 26.2 Å². The molecule has 1 rings (SSSR count). The number of nitrogens with zero attached hydrogens (tertiary/aromatic N) is 1. The van der Waals surface area contributed by atoms with Gasteiger partial charge >= 0.3 is 0 Å². The van der Waals surface area contributed by atoms with Gasteiger partial charge in [-0.15, -0.1) is 11.3 Å². The Balaban J connectivity index is 2.35. The highest BCUT2D eigenvalue weighted by atomic mass is 32.1. The first-order valence-corrected chi connectivity index (χ1v) is 5.79. The van der Waals surface area contributed by atoms with Gasteiger partial charge in [0.2, 0.25) is 0 Å². The molecule has 2 N–H and O–H groups in total. The highest BCUT2D eigenvalue weighted by molar-refractivity contribution is 7.09. The van der Waals surface area contributed by atoms with Gasteiger partial charge in [0.1, 0.15) is 0 Å². The summed E-state index contributed by atoms with van der Waals surface area (Å²) in [5, 5.41) is 3.19. The first-order valence-electron chi connectivity index (χ1n) is 4.91. The van der Waals surface area contributed by atoms with Gasteiger partial charge in [-0.2, -0.15) is 0 Å². The Morgan fingerprint density at radius 1 is 1.54 bits per heavy atom. The van der Waals surface area contributed by atoms with Gasteiger partial charge in [0.15, 0.2) is 0 Å². The molecule has 0 aliphatic heterocycles. The van der Waals surface area contributed by atoms with Gasteiger partial charge in [-0.3, -0.25) is 0 Å². The Kier molecular flexibility index (Phi) is 4.39. The van der Waals surface area contributed by atoms with Crippen LogP contribution in [0.25, 0.3) is 0 Å². The monoisotopic (exact) mass is 198 g/mol. The van der Waals surface area contributed by atoms with E-state index in [0.717, 1.165) is 17.1 Å². The van der Waals surface area contributed by atoms with Crippen LogP contribution in [0.2, 0.25) is 0 Å². The maximum Gasteiger partial charge on any atom is 0.0898 e. The van der Waals surface area contributed by atoms with Crippen molar-refractivity contribution in [3.63, 3.8) is 0 Å². The summed E-state index contributed by atoms with van der Waals surface area (Å²) in [5.74, 6) is 0. The number of rotatable bonds is 5. The van der Waals surface area contributed by atoms with E-state index in [-0.39, 0.29) is 6.04 Å². The molecule has 0 amide bonds. The van der Waals surface area contributed by atoms with Crippen molar-refractivity contribution in [1.82, 2.24) is 4.98 Å². The fraction of sp³-hybridized carbons (Fsp3) is 0.700. The molecule has 1 aromatic rings. The fourth-order valence-corrected chi connectivity index (χ4v) is 1.99. The quantitative estimate of drug-likeness (QED) is 0.739. The molecule has 0 bridgehead atoms. The first-order chi connectivity index (χ1) is 6.24. The van der Waals surface area contributed by atoms with Crippen LogP contribution in [0.1, 0.15) is 49.4 Å². The zero-order valence-electron chi connectivity index (χ0n) is 8.42. The molecule has 1 atom stereocenters. The lowest BCUT2D eigenvalue weighted by Crippen LogP contribution is -2.10. The SMILES string of the molecule is CCCCCC(N)c1csc(C)n1. The molecule has 0 aliphatic rings. The van der Waals surface area contributed by atoms with Crippen LogP contribution in [0.5, 0.6) is 0 Å². The first kappa shape index (κ1) is 10.7. The summed E-state index contributed by atoms with van der Waals surface area (Å²) < 4.78 is 0. The van der Waals surface area contributed by atoms with Crippen molar-refractivity contribution in [3.05, 3.63) is 16.1 Å². The lowest BCUT2D eigenvalue weighted by molar-refractivity contribution is 0.572. The molecule has 74 valence electrons. The largest absolute Gasteiger partial charge is 0.323 e. The number of unbranched alkanes of at least 4 members (excludes halogenated alkanes) is 2. The van der Waals surface area contributed by atoms with E-state index in [9.17, 15) is 0 Å². The van der Waals surface area contributed by atoms with E-state index in [1.165, 1.54) is 19.3 Å². The zero-order valence-corrected chi connectivity index (χ0v) is 9.23. The van der Waals surface area contributed by atoms with E-state index in [2.05, 4.69) is 17.3 Å². The topological polar surface area (TPSA) is 38.9 Å². The molecule has 0 saturated heterocycles. The molecular weight excluding hydrogens is 180 g/mol. The van der Waals surface area contributed by atoms with Crippen molar-refractivity contribution in [2.45, 2.75) is 45.6 Å². The van der Waals surface area contributed by atoms with Crippen LogP contribution < -0.4 is 5.73 Å². The summed E-state index contributed by atoms with van der Waals surface area (Å²) >= 11 is 1.68. The van der Waals surface area contributed by atoms with Crippen LogP contribution in [-0.4, -0.2) is 4.98 Å². The summed E-state index contributed by atoms with van der Waals surface area (Å²) in [6.45, 7) is 4.23. The molecule has 0 aliphatic carbocycles. The summed E-state index contributed by atoms with van der Waals surface area (Å²) in [6, 6.07) is 0.150. The minimum atomic E-state index is 0.150. The number of hydrogen-bond acceptors (Lipinski definition) is 3. The van der Waals surface area contributed by atoms with Crippen molar-refractivity contribution in [3.8, 4) is 0 Å². The molecule has 0 radical (unpaired) electrons. The van der Waals surface area contributed by atoms with Gasteiger partial charge in [-0.05, 0) is 13.3 Å². The minimum Gasteiger partial charge on any atom is -0.323 e. The third-order valence-electron chi connectivity index (χ3n) is 2.14. The predicted molar refractivity (Wildman–Crippen MR) is 57.9 cm³/mol. The second-order valence-corrected chi connectivity index (χ2v) is 4.46. The smallest absolute Gasteiger partial charge is 0.0898 e. The third-order valence-corrected chi connectivity index (χ3v) is 2.93. The minimum absolute atomic E-state index is 0.150. The number of hydrogen-bond donors (Lipinski definition) is 1. The van der Waals surface area contributed by atoms with Crippen molar-refractivity contribution < 1.29 is 0 Å². The summed E-state index contributed by atoms with van der Waals surface area (Å²) in [5.41, 5.74) is 7.06. The van der Waals surface area contributed by atoms with E-state index in [0.29, 0.717) is 0 Å². The highest BCUT2D eigenvalue weighted by Crippen LogP contribution is 2.19. The van der Waals surface area contributed by atoms with Gasteiger partial charge in [0.25, 0.3) is 0 Å². The Labute approximate surface area is 84.2 Å². The van der Waals surface area contributed by atoms with Crippen molar-refractivity contribution >= 4 is 11.3 Å². The van der Waals surface area contributed by atoms with Crippen molar-refractivity contribution in [2.24, 2.45) is 5.73 Å². The highest BCUT2D eigenvalue weighted by Gasteiger charge is 2.08. The molecule has 0 aromatic carbocycles. The maximum atomic E-state index is 5.99. The second kappa shape index (κ2) is 5.35. The van der Waals surface area contributed by atoms with Gasteiger partial charge in [-0.25, -0.2) is 4.98 Å². The van der Waals surface area contributed by atoms with E-state index >= 15 is 0 Å². The Morgan fingerprint density at radius 2 is 2.31 bits per heavy atom. The van der Waals surface area contributed by atoms with Crippen LogP contribution in [-0.2, 0) is 0 Å². The van der Waals surface area contributed by atoms with Crippen LogP contribution in [0, 0.1) is 6.92 Å². The van der Waals surface area contributed by atoms with E-state index in [1.807, 2.05) is 6.92 Å². The van der Waals surface area contributed by atoms with E-state index in [1.54, 1.807) is 11.3 Å². The molecule has 0 spiro atoms. The average Bonchev–Trinajstić information content (AvgIpc) is 2.52. The molecule has 1 aromatic heterocycles. The van der Waals surface area contributed by atoms with Crippen LogP contribution in [0.4, 0.5) is 0 Å². The Bertz CT molecular complexity index is 245. The molecule has 1 unspecified atom stereocenters. The molecule has 0 fully saturated rings. The fourth-order valence-electron chi connectivity index (χ4n) is 1.31. The summed E-state index contributed by atoms with van der Waals surface area (Å²) in [4.78, 5) is 4.38. The lowest BCUT2D eigenvalue weighted by Gasteiger charge is -2.07. The predicted octanol–water partition coefficient (Wildman–Crippen LogP) is 3.03. The summed E-state index contributed by atoms with van der Waals surface area (Å²) in [6.07, 6.45) is 4.81. The molecular formula is C10H18N2S. The Morgan fingerprint density at radius 3 is 2.85 bits per heavy atom. The lowest BCUT2D eigenvalue weighted by atomic mass is 10.1. The molecule has 0 saturated carbocycles. The number of aryl methyl sites for hydroxylation is 1. The van der Waals surface area contributed by atoms with E-state index in [4.69, 9.17) is 5.73 Å². The van der Waals surface area contributed by atoms with Crippen LogP contribution >= 0.6 is 11.3 Å². The molecule has 2 nitrogen and oxygen atoms in total. The maximum absolute atomic E-state index is 5.99. The average molecular weight is 198 g/mol. The number of nitrogens with two attached hydrogens (primary N) is 1. The van der Waals surface area contributed by atoms with Crippen LogP contribution in [0.15, 0.2) is 5.38 Å². The normalized spacial score (nSPS) is 13.2. The van der Waals surface area contributed by atoms with Crippen LogP contribution in [0.3, 0.4) is 0 Å². The third kappa shape index (κ3) is 3.44. The molecule has 13 heavy (non-hydrogen) atoms. The zero-order chi connectivity index (χ0) is 9.68. The second-order valence-electron chi connectivity index (χ2n) is 3.39. The summed E-state index contributed by atoms with van der Waals surface area (Å²) in [7, 11) is 0. The standard InChI is InChI=1S/C10H18N2S/c1-3-4-5-6-9(11)10-7-13-8(2)12-10/h7,9H,3-6,11H2,1-2H3. The van der Waals surface area contributed by atoms with Gasteiger partial charge < -0.3 is 5.73 Å². The molecule has 3 heteroatoms.